The molecule has 0 spiro atoms. The SMILES string of the molecule is COC(=O)C1=COCC2C1CC1OC12COC(=O)N(C)C. The third-order valence-electron chi connectivity index (χ3n) is 4.52. The molecule has 3 aliphatic rings. The van der Waals surface area contributed by atoms with Crippen molar-refractivity contribution in [3.05, 3.63) is 11.8 Å². The highest BCUT2D eigenvalue weighted by atomic mass is 16.7. The smallest absolute Gasteiger partial charge is 0.409 e. The summed E-state index contributed by atoms with van der Waals surface area (Å²) >= 11 is 0. The molecule has 2 fully saturated rings. The predicted octanol–water partition coefficient (Wildman–Crippen LogP) is 0.545. The minimum absolute atomic E-state index is 0.0107. The molecule has 3 rings (SSSR count). The molecule has 2 heterocycles. The lowest BCUT2D eigenvalue weighted by atomic mass is 9.83. The number of carbonyl (C=O) groups is 2. The van der Waals surface area contributed by atoms with Crippen molar-refractivity contribution in [3.63, 3.8) is 0 Å². The van der Waals surface area contributed by atoms with Gasteiger partial charge >= 0.3 is 12.1 Å². The van der Waals surface area contributed by atoms with Gasteiger partial charge in [0.25, 0.3) is 0 Å². The molecule has 2 aliphatic heterocycles. The minimum Gasteiger partial charge on any atom is -0.500 e. The number of methoxy groups -OCH3 is 1. The van der Waals surface area contributed by atoms with Crippen LogP contribution in [0.4, 0.5) is 4.79 Å². The van der Waals surface area contributed by atoms with Gasteiger partial charge in [0.15, 0.2) is 0 Å². The zero-order chi connectivity index (χ0) is 15.2. The first kappa shape index (κ1) is 14.2. The van der Waals surface area contributed by atoms with E-state index in [1.54, 1.807) is 14.1 Å². The highest BCUT2D eigenvalue weighted by Crippen LogP contribution is 2.59. The zero-order valence-electron chi connectivity index (χ0n) is 12.3. The maximum atomic E-state index is 11.8. The van der Waals surface area contributed by atoms with Crippen LogP contribution in [0.3, 0.4) is 0 Å². The molecule has 0 aromatic rings. The second-order valence-corrected chi connectivity index (χ2v) is 5.86. The quantitative estimate of drug-likeness (QED) is 0.559. The summed E-state index contributed by atoms with van der Waals surface area (Å²) in [6, 6.07) is 0. The third kappa shape index (κ3) is 2.16. The van der Waals surface area contributed by atoms with Gasteiger partial charge in [-0.3, -0.25) is 0 Å². The van der Waals surface area contributed by atoms with Gasteiger partial charge in [0.2, 0.25) is 0 Å². The Balaban J connectivity index is 1.70. The normalized spacial score (nSPS) is 35.8. The van der Waals surface area contributed by atoms with Crippen LogP contribution in [0.5, 0.6) is 0 Å². The van der Waals surface area contributed by atoms with Crippen LogP contribution in [0.2, 0.25) is 0 Å². The first-order chi connectivity index (χ1) is 9.99. The summed E-state index contributed by atoms with van der Waals surface area (Å²) in [5.74, 6) is -0.314. The van der Waals surface area contributed by atoms with Crippen molar-refractivity contribution in [2.24, 2.45) is 11.8 Å². The number of hydrogen-bond acceptors (Lipinski definition) is 6. The van der Waals surface area contributed by atoms with Crippen molar-refractivity contribution in [1.29, 1.82) is 0 Å². The molecule has 4 atom stereocenters. The van der Waals surface area contributed by atoms with Crippen molar-refractivity contribution in [1.82, 2.24) is 4.90 Å². The number of esters is 1. The molecule has 4 unspecified atom stereocenters. The molecule has 1 aliphatic carbocycles. The number of hydrogen-bond donors (Lipinski definition) is 0. The summed E-state index contributed by atoms with van der Waals surface area (Å²) in [5.41, 5.74) is 0.0343. The Morgan fingerprint density at radius 2 is 2.24 bits per heavy atom. The van der Waals surface area contributed by atoms with Crippen molar-refractivity contribution in [2.75, 3.05) is 34.4 Å². The molecule has 0 aromatic carbocycles. The number of epoxide rings is 1. The minimum atomic E-state index is -0.510. The lowest BCUT2D eigenvalue weighted by Gasteiger charge is -2.31. The topological polar surface area (TPSA) is 77.6 Å². The fourth-order valence-electron chi connectivity index (χ4n) is 3.32. The third-order valence-corrected chi connectivity index (χ3v) is 4.52. The van der Waals surface area contributed by atoms with Gasteiger partial charge in [0.1, 0.15) is 12.2 Å². The Morgan fingerprint density at radius 3 is 2.90 bits per heavy atom. The summed E-state index contributed by atoms with van der Waals surface area (Å²) in [5, 5.41) is 0. The number of amides is 1. The van der Waals surface area contributed by atoms with Crippen molar-refractivity contribution >= 4 is 12.1 Å². The summed E-state index contributed by atoms with van der Waals surface area (Å²) in [7, 11) is 4.61. The fraction of sp³-hybridized carbons (Fsp3) is 0.714. The van der Waals surface area contributed by atoms with Crippen LogP contribution in [0, 0.1) is 11.8 Å². The van der Waals surface area contributed by atoms with Gasteiger partial charge in [-0.1, -0.05) is 0 Å². The van der Waals surface area contributed by atoms with E-state index < -0.39 is 11.7 Å². The number of rotatable bonds is 3. The van der Waals surface area contributed by atoms with Crippen LogP contribution in [-0.4, -0.2) is 63.1 Å². The van der Waals surface area contributed by atoms with Crippen LogP contribution in [-0.2, 0) is 23.7 Å². The van der Waals surface area contributed by atoms with Crippen LogP contribution in [0.25, 0.3) is 0 Å². The van der Waals surface area contributed by atoms with E-state index in [2.05, 4.69) is 0 Å². The van der Waals surface area contributed by atoms with Gasteiger partial charge in [-0.25, -0.2) is 9.59 Å². The summed E-state index contributed by atoms with van der Waals surface area (Å²) in [4.78, 5) is 24.7. The Labute approximate surface area is 122 Å². The number of carbonyl (C=O) groups excluding carboxylic acids is 2. The second kappa shape index (κ2) is 4.91. The van der Waals surface area contributed by atoms with Crippen molar-refractivity contribution < 1.29 is 28.5 Å². The summed E-state index contributed by atoms with van der Waals surface area (Å²) in [6.45, 7) is 0.648. The maximum Gasteiger partial charge on any atom is 0.409 e. The summed E-state index contributed by atoms with van der Waals surface area (Å²) in [6.07, 6.45) is 1.82. The lowest BCUT2D eigenvalue weighted by Crippen LogP contribution is -2.39. The van der Waals surface area contributed by atoms with Crippen LogP contribution < -0.4 is 0 Å². The van der Waals surface area contributed by atoms with Gasteiger partial charge in [-0.05, 0) is 6.42 Å². The Bertz CT molecular complexity index is 502. The molecule has 116 valence electrons. The molecule has 0 N–H and O–H groups in total. The van der Waals surface area contributed by atoms with Gasteiger partial charge in [0.05, 0.1) is 31.7 Å². The highest BCUT2D eigenvalue weighted by Gasteiger charge is 2.71. The number of fused-ring (bicyclic) bond motifs is 3. The molecule has 0 bridgehead atoms. The van der Waals surface area contributed by atoms with E-state index >= 15 is 0 Å². The molecular weight excluding hydrogens is 278 g/mol. The fourth-order valence-corrected chi connectivity index (χ4v) is 3.32. The van der Waals surface area contributed by atoms with Gasteiger partial charge in [-0.15, -0.1) is 0 Å². The highest BCUT2D eigenvalue weighted by molar-refractivity contribution is 5.89. The number of ether oxygens (including phenoxy) is 4. The van der Waals surface area contributed by atoms with Crippen LogP contribution in [0.1, 0.15) is 6.42 Å². The van der Waals surface area contributed by atoms with Gasteiger partial charge in [-0.2, -0.15) is 0 Å². The van der Waals surface area contributed by atoms with E-state index in [9.17, 15) is 9.59 Å². The molecular formula is C14H19NO6. The van der Waals surface area contributed by atoms with E-state index in [1.807, 2.05) is 0 Å². The Kier molecular flexibility index (Phi) is 3.32. The maximum absolute atomic E-state index is 11.8. The molecule has 1 saturated carbocycles. The second-order valence-electron chi connectivity index (χ2n) is 5.86. The van der Waals surface area contributed by atoms with Crippen LogP contribution >= 0.6 is 0 Å². The number of nitrogens with zero attached hydrogens (tertiary/aromatic N) is 1. The Morgan fingerprint density at radius 1 is 1.48 bits per heavy atom. The summed E-state index contributed by atoms with van der Waals surface area (Å²) < 4.78 is 21.2. The van der Waals surface area contributed by atoms with Crippen molar-refractivity contribution in [3.8, 4) is 0 Å². The predicted molar refractivity (Wildman–Crippen MR) is 70.3 cm³/mol. The largest absolute Gasteiger partial charge is 0.500 e. The van der Waals surface area contributed by atoms with Gasteiger partial charge < -0.3 is 23.8 Å². The van der Waals surface area contributed by atoms with E-state index in [4.69, 9.17) is 18.9 Å². The zero-order valence-corrected chi connectivity index (χ0v) is 12.3. The first-order valence-corrected chi connectivity index (χ1v) is 6.91. The standard InChI is InChI=1S/C14H19NO6/c1-15(2)13(17)20-7-14-10-6-19-5-9(12(16)18-3)8(10)4-11(14)21-14/h5,8,10-11H,4,6-7H2,1-3H3. The first-order valence-electron chi connectivity index (χ1n) is 6.91. The monoisotopic (exact) mass is 297 g/mol. The molecule has 0 radical (unpaired) electrons. The molecule has 7 nitrogen and oxygen atoms in total. The van der Waals surface area contributed by atoms with E-state index in [0.29, 0.717) is 12.2 Å². The molecule has 1 saturated heterocycles. The lowest BCUT2D eigenvalue weighted by molar-refractivity contribution is -0.138. The van der Waals surface area contributed by atoms with Crippen molar-refractivity contribution in [2.45, 2.75) is 18.1 Å². The molecule has 0 aromatic heterocycles. The van der Waals surface area contributed by atoms with Gasteiger partial charge in [0, 0.05) is 25.9 Å². The average molecular weight is 297 g/mol. The van der Waals surface area contributed by atoms with E-state index in [1.165, 1.54) is 18.3 Å². The molecule has 1 amide bonds. The van der Waals surface area contributed by atoms with E-state index in [0.717, 1.165) is 6.42 Å². The average Bonchev–Trinajstić information content (AvgIpc) is 3.10. The van der Waals surface area contributed by atoms with Crippen LogP contribution in [0.15, 0.2) is 11.8 Å². The Hall–Kier alpha value is -1.76. The van der Waals surface area contributed by atoms with E-state index in [-0.39, 0.29) is 30.5 Å². The molecule has 7 heteroatoms. The molecule has 21 heavy (non-hydrogen) atoms.